The van der Waals surface area contributed by atoms with Crippen molar-refractivity contribution in [1.82, 2.24) is 4.90 Å². The maximum Gasteiger partial charge on any atom is 0.295 e. The number of rotatable bonds is 8. The Labute approximate surface area is 178 Å². The van der Waals surface area contributed by atoms with Crippen molar-refractivity contribution < 1.29 is 29.1 Å². The van der Waals surface area contributed by atoms with Gasteiger partial charge < -0.3 is 19.5 Å². The summed E-state index contributed by atoms with van der Waals surface area (Å²) in [5.41, 5.74) is 0.566. The molecular formula is C22H22N2O7. The van der Waals surface area contributed by atoms with E-state index in [1.807, 2.05) is 6.92 Å². The average Bonchev–Trinajstić information content (AvgIpc) is 3.02. The topological polar surface area (TPSA) is 119 Å². The first-order valence-corrected chi connectivity index (χ1v) is 9.64. The molecule has 2 aromatic rings. The summed E-state index contributed by atoms with van der Waals surface area (Å²) < 4.78 is 10.5. The summed E-state index contributed by atoms with van der Waals surface area (Å²) in [6.07, 6.45) is 0. The van der Waals surface area contributed by atoms with Gasteiger partial charge in [0, 0.05) is 31.4 Å². The number of carbonyl (C=O) groups is 2. The number of Topliss-reactive ketones (excluding diaryl/α,β-unsaturated/α-hetero) is 1. The minimum atomic E-state index is -0.910. The Morgan fingerprint density at radius 1 is 1.19 bits per heavy atom. The van der Waals surface area contributed by atoms with E-state index in [-0.39, 0.29) is 30.2 Å². The highest BCUT2D eigenvalue weighted by molar-refractivity contribution is 6.46. The van der Waals surface area contributed by atoms with Gasteiger partial charge in [0.25, 0.3) is 17.4 Å². The van der Waals surface area contributed by atoms with Crippen LogP contribution in [0.5, 0.6) is 5.75 Å². The van der Waals surface area contributed by atoms with E-state index < -0.39 is 22.7 Å². The van der Waals surface area contributed by atoms with Gasteiger partial charge in [-0.15, -0.1) is 0 Å². The van der Waals surface area contributed by atoms with E-state index in [0.717, 1.165) is 0 Å². The predicted molar refractivity (Wildman–Crippen MR) is 112 cm³/mol. The van der Waals surface area contributed by atoms with Crippen molar-refractivity contribution in [3.63, 3.8) is 0 Å². The molecule has 1 unspecified atom stereocenters. The number of nitro benzene ring substituents is 1. The first-order chi connectivity index (χ1) is 14.9. The van der Waals surface area contributed by atoms with Crippen molar-refractivity contribution in [3.05, 3.63) is 75.3 Å². The molecule has 2 aromatic carbocycles. The molecule has 1 amide bonds. The predicted octanol–water partition coefficient (Wildman–Crippen LogP) is 3.06. The molecule has 1 aliphatic rings. The molecule has 31 heavy (non-hydrogen) atoms. The third-order valence-electron chi connectivity index (χ3n) is 4.91. The van der Waals surface area contributed by atoms with Crippen molar-refractivity contribution in [2.24, 2.45) is 0 Å². The number of aliphatic hydroxyl groups excluding tert-OH is 1. The average molecular weight is 426 g/mol. The SMILES string of the molecule is CCOc1cccc(C(O)=C2C(=O)C(=O)N(CCOC)C2c2ccc([N+](=O)[O-])cc2)c1. The fraction of sp³-hybridized carbons (Fsp3) is 0.273. The van der Waals surface area contributed by atoms with Crippen LogP contribution in [0.4, 0.5) is 5.69 Å². The number of ether oxygens (including phenoxy) is 2. The fourth-order valence-corrected chi connectivity index (χ4v) is 3.48. The molecule has 0 bridgehead atoms. The van der Waals surface area contributed by atoms with E-state index in [0.29, 0.717) is 23.5 Å². The van der Waals surface area contributed by atoms with E-state index in [2.05, 4.69) is 0 Å². The second-order valence-electron chi connectivity index (χ2n) is 6.79. The first kappa shape index (κ1) is 22.0. The fourth-order valence-electron chi connectivity index (χ4n) is 3.48. The molecule has 0 aliphatic carbocycles. The maximum absolute atomic E-state index is 12.9. The number of nitrogens with zero attached hydrogens (tertiary/aromatic N) is 2. The molecule has 1 fully saturated rings. The van der Waals surface area contributed by atoms with Gasteiger partial charge in [-0.3, -0.25) is 19.7 Å². The highest BCUT2D eigenvalue weighted by Gasteiger charge is 2.46. The first-order valence-electron chi connectivity index (χ1n) is 9.64. The molecule has 0 saturated carbocycles. The second-order valence-corrected chi connectivity index (χ2v) is 6.79. The number of methoxy groups -OCH3 is 1. The van der Waals surface area contributed by atoms with E-state index >= 15 is 0 Å². The standard InChI is InChI=1S/C22H22N2O7/c1-3-31-17-6-4-5-15(13-17)20(25)18-19(14-7-9-16(10-8-14)24(28)29)23(11-12-30-2)22(27)21(18)26/h4-10,13,19,25H,3,11-12H2,1-2H3. The summed E-state index contributed by atoms with van der Waals surface area (Å²) in [6.45, 7) is 2.53. The lowest BCUT2D eigenvalue weighted by Crippen LogP contribution is -2.32. The van der Waals surface area contributed by atoms with Gasteiger partial charge in [0.1, 0.15) is 11.5 Å². The number of carbonyl (C=O) groups excluding carboxylic acids is 2. The zero-order chi connectivity index (χ0) is 22.5. The monoisotopic (exact) mass is 426 g/mol. The van der Waals surface area contributed by atoms with Crippen LogP contribution in [-0.2, 0) is 14.3 Å². The smallest absolute Gasteiger partial charge is 0.295 e. The number of likely N-dealkylation sites (tertiary alicyclic amines) is 1. The zero-order valence-electron chi connectivity index (χ0n) is 17.1. The lowest BCUT2D eigenvalue weighted by atomic mass is 9.95. The molecule has 162 valence electrons. The highest BCUT2D eigenvalue weighted by Crippen LogP contribution is 2.40. The van der Waals surface area contributed by atoms with E-state index in [1.165, 1.54) is 36.3 Å². The van der Waals surface area contributed by atoms with Crippen molar-refractivity contribution in [1.29, 1.82) is 0 Å². The van der Waals surface area contributed by atoms with E-state index in [9.17, 15) is 24.8 Å². The van der Waals surface area contributed by atoms with Crippen molar-refractivity contribution in [3.8, 4) is 5.75 Å². The van der Waals surface area contributed by atoms with Crippen LogP contribution >= 0.6 is 0 Å². The zero-order valence-corrected chi connectivity index (χ0v) is 17.1. The van der Waals surface area contributed by atoms with Gasteiger partial charge >= 0.3 is 0 Å². The summed E-state index contributed by atoms with van der Waals surface area (Å²) in [5.74, 6) is -1.45. The number of benzene rings is 2. The number of nitro groups is 1. The summed E-state index contributed by atoms with van der Waals surface area (Å²) in [6, 6.07) is 11.2. The number of hydrogen-bond donors (Lipinski definition) is 1. The van der Waals surface area contributed by atoms with Gasteiger partial charge in [-0.1, -0.05) is 12.1 Å². The van der Waals surface area contributed by atoms with Gasteiger partial charge in [0.2, 0.25) is 0 Å². The van der Waals surface area contributed by atoms with Crippen LogP contribution in [-0.4, -0.2) is 53.5 Å². The number of amides is 1. The maximum atomic E-state index is 12.9. The Morgan fingerprint density at radius 3 is 2.52 bits per heavy atom. The lowest BCUT2D eigenvalue weighted by Gasteiger charge is -2.25. The van der Waals surface area contributed by atoms with Crippen LogP contribution in [0.3, 0.4) is 0 Å². The molecule has 1 aliphatic heterocycles. The number of non-ortho nitro benzene ring substituents is 1. The normalized spacial score (nSPS) is 17.7. The molecule has 1 atom stereocenters. The number of hydrogen-bond acceptors (Lipinski definition) is 7. The van der Waals surface area contributed by atoms with Gasteiger partial charge in [-0.2, -0.15) is 0 Å². The third-order valence-corrected chi connectivity index (χ3v) is 4.91. The minimum absolute atomic E-state index is 0.0939. The largest absolute Gasteiger partial charge is 0.507 e. The second kappa shape index (κ2) is 9.40. The van der Waals surface area contributed by atoms with Gasteiger partial charge in [-0.25, -0.2) is 0 Å². The molecule has 1 saturated heterocycles. The lowest BCUT2D eigenvalue weighted by molar-refractivity contribution is -0.384. The Morgan fingerprint density at radius 2 is 1.90 bits per heavy atom. The summed E-state index contributed by atoms with van der Waals surface area (Å²) in [5, 5.41) is 22.0. The van der Waals surface area contributed by atoms with Crippen LogP contribution < -0.4 is 4.74 Å². The number of ketones is 1. The molecule has 9 heteroatoms. The molecule has 1 heterocycles. The van der Waals surface area contributed by atoms with Crippen LogP contribution in [0.2, 0.25) is 0 Å². The van der Waals surface area contributed by atoms with Crippen LogP contribution in [0, 0.1) is 10.1 Å². The molecule has 9 nitrogen and oxygen atoms in total. The Kier molecular flexibility index (Phi) is 6.66. The van der Waals surface area contributed by atoms with Crippen molar-refractivity contribution in [2.75, 3.05) is 26.9 Å². The summed E-state index contributed by atoms with van der Waals surface area (Å²) >= 11 is 0. The van der Waals surface area contributed by atoms with Crippen molar-refractivity contribution >= 4 is 23.1 Å². The van der Waals surface area contributed by atoms with Crippen LogP contribution in [0.15, 0.2) is 54.1 Å². The molecule has 0 aromatic heterocycles. The van der Waals surface area contributed by atoms with Crippen LogP contribution in [0.1, 0.15) is 24.1 Å². The summed E-state index contributed by atoms with van der Waals surface area (Å²) in [4.78, 5) is 37.4. The third kappa shape index (κ3) is 4.41. The van der Waals surface area contributed by atoms with Crippen LogP contribution in [0.25, 0.3) is 5.76 Å². The Balaban J connectivity index is 2.13. The van der Waals surface area contributed by atoms with Gasteiger partial charge in [0.05, 0.1) is 29.8 Å². The molecule has 1 N–H and O–H groups in total. The minimum Gasteiger partial charge on any atom is -0.507 e. The number of aliphatic hydroxyl groups is 1. The molecular weight excluding hydrogens is 404 g/mol. The molecule has 0 radical (unpaired) electrons. The van der Waals surface area contributed by atoms with E-state index in [4.69, 9.17) is 9.47 Å². The van der Waals surface area contributed by atoms with Gasteiger partial charge in [0.15, 0.2) is 0 Å². The Bertz CT molecular complexity index is 1030. The van der Waals surface area contributed by atoms with E-state index in [1.54, 1.807) is 24.3 Å². The highest BCUT2D eigenvalue weighted by atomic mass is 16.6. The summed E-state index contributed by atoms with van der Waals surface area (Å²) in [7, 11) is 1.47. The Hall–Kier alpha value is -3.72. The van der Waals surface area contributed by atoms with Crippen molar-refractivity contribution in [2.45, 2.75) is 13.0 Å². The molecule has 0 spiro atoms. The quantitative estimate of drug-likeness (QED) is 0.226. The van der Waals surface area contributed by atoms with Gasteiger partial charge in [-0.05, 0) is 36.8 Å². The molecule has 3 rings (SSSR count).